The van der Waals surface area contributed by atoms with Crippen LogP contribution in [0, 0.1) is 0 Å². The summed E-state index contributed by atoms with van der Waals surface area (Å²) in [7, 11) is 0. The van der Waals surface area contributed by atoms with Crippen LogP contribution in [0.5, 0.6) is 11.5 Å². The summed E-state index contributed by atoms with van der Waals surface area (Å²) in [5.41, 5.74) is 2.06. The van der Waals surface area contributed by atoms with Gasteiger partial charge in [0.25, 0.3) is 0 Å². The number of aliphatic hydroxyl groups is 1. The van der Waals surface area contributed by atoms with Crippen LogP contribution in [-0.2, 0) is 0 Å². The van der Waals surface area contributed by atoms with Gasteiger partial charge in [0.2, 0.25) is 0 Å². The lowest BCUT2D eigenvalue weighted by Gasteiger charge is -2.04. The van der Waals surface area contributed by atoms with Crippen molar-refractivity contribution in [1.29, 1.82) is 0 Å². The van der Waals surface area contributed by atoms with Crippen molar-refractivity contribution in [3.8, 4) is 11.5 Å². The summed E-state index contributed by atoms with van der Waals surface area (Å²) < 4.78 is 5.47. The Bertz CT molecular complexity index is 935. The Labute approximate surface area is 174 Å². The molecule has 4 aromatic rings. The van der Waals surface area contributed by atoms with E-state index in [1.54, 1.807) is 6.07 Å². The molecule has 0 bridgehead atoms. The summed E-state index contributed by atoms with van der Waals surface area (Å²) >= 11 is 10.5. The summed E-state index contributed by atoms with van der Waals surface area (Å²) in [5, 5.41) is 19.0. The van der Waals surface area contributed by atoms with Gasteiger partial charge in [0.1, 0.15) is 18.1 Å². The molecule has 0 saturated carbocycles. The molecule has 7 heteroatoms. The topological polar surface area (TPSA) is 81.3 Å². The van der Waals surface area contributed by atoms with Crippen molar-refractivity contribution in [1.82, 2.24) is 9.97 Å². The molecule has 0 fully saturated rings. The lowest BCUT2D eigenvalue weighted by molar-refractivity contribution is 0.321. The van der Waals surface area contributed by atoms with E-state index in [0.29, 0.717) is 24.1 Å². The number of nitrogens with one attached hydrogen (secondary N) is 2. The van der Waals surface area contributed by atoms with Gasteiger partial charge >= 0.3 is 0 Å². The number of alkyl halides is 2. The lowest BCUT2D eigenvalue weighted by atomic mass is 10.2. The minimum atomic E-state index is 0. The number of halogens is 2. The van der Waals surface area contributed by atoms with E-state index in [-0.39, 0.29) is 14.0 Å². The Balaban J connectivity index is 0.000000234. The first-order valence-corrected chi connectivity index (χ1v) is 9.45. The Morgan fingerprint density at radius 2 is 1.39 bits per heavy atom. The van der Waals surface area contributed by atoms with Crippen LogP contribution in [-0.4, -0.2) is 45.2 Å². The van der Waals surface area contributed by atoms with Gasteiger partial charge in [-0.2, -0.15) is 0 Å². The molecule has 0 aliphatic carbocycles. The molecule has 0 radical (unpaired) electrons. The van der Waals surface area contributed by atoms with Crippen molar-refractivity contribution < 1.29 is 14.9 Å². The highest BCUT2D eigenvalue weighted by molar-refractivity contribution is 6.18. The number of fused-ring (bicyclic) bond motifs is 2. The monoisotopic (exact) mass is 424 g/mol. The molecule has 0 aliphatic heterocycles. The van der Waals surface area contributed by atoms with E-state index < -0.39 is 0 Å². The molecule has 0 saturated heterocycles. The fourth-order valence-corrected chi connectivity index (χ4v) is 2.48. The molecule has 28 heavy (non-hydrogen) atoms. The summed E-state index contributed by atoms with van der Waals surface area (Å²) in [6.07, 6.45) is 3.71. The quantitative estimate of drug-likeness (QED) is 0.326. The molecular weight excluding hydrogens is 399 g/mol. The van der Waals surface area contributed by atoms with Gasteiger partial charge in [-0.05, 0) is 36.4 Å². The van der Waals surface area contributed by atoms with Crippen LogP contribution in [0.25, 0.3) is 21.8 Å². The van der Waals surface area contributed by atoms with Gasteiger partial charge in [-0.3, -0.25) is 0 Å². The van der Waals surface area contributed by atoms with E-state index in [1.807, 2.05) is 54.9 Å². The van der Waals surface area contributed by atoms with Crippen LogP contribution < -0.4 is 4.74 Å². The van der Waals surface area contributed by atoms with E-state index in [0.717, 1.165) is 27.6 Å². The lowest BCUT2D eigenvalue weighted by Crippen LogP contribution is -1.97. The van der Waals surface area contributed by atoms with E-state index in [1.165, 1.54) is 0 Å². The number of phenols is 1. The number of aromatic hydroxyl groups is 1. The molecule has 0 spiro atoms. The molecule has 0 amide bonds. The molecule has 4 N–H and O–H groups in total. The molecular formula is C21H26Cl2N2O3. The first-order chi connectivity index (χ1) is 13.2. The van der Waals surface area contributed by atoms with Gasteiger partial charge in [0.05, 0.1) is 12.5 Å². The smallest absolute Gasteiger partial charge is 0.128 e. The summed E-state index contributed by atoms with van der Waals surface area (Å²) in [5.74, 6) is 2.08. The van der Waals surface area contributed by atoms with Crippen LogP contribution in [0.1, 0.15) is 7.43 Å². The second-order valence-corrected chi connectivity index (χ2v) is 6.12. The third-order valence-electron chi connectivity index (χ3n) is 3.55. The number of hydrogen-bond donors (Lipinski definition) is 4. The predicted octanol–water partition coefficient (Wildman–Crippen LogP) is 5.51. The van der Waals surface area contributed by atoms with Crippen LogP contribution in [0.3, 0.4) is 0 Å². The molecule has 0 atom stereocenters. The van der Waals surface area contributed by atoms with Gasteiger partial charge in [-0.1, -0.05) is 19.6 Å². The van der Waals surface area contributed by atoms with Crippen LogP contribution >= 0.6 is 23.2 Å². The van der Waals surface area contributed by atoms with Gasteiger partial charge in [-0.25, -0.2) is 0 Å². The molecule has 0 unspecified atom stereocenters. The number of rotatable bonds is 4. The Kier molecular flexibility index (Phi) is 11.0. The van der Waals surface area contributed by atoms with Crippen molar-refractivity contribution in [2.75, 3.05) is 25.0 Å². The standard InChI is InChI=1S/C10H10ClNO.C8H7NO.C2H5ClO.CH4/c11-5-7-13-10-3-1-2-9-8(10)4-6-12-9;10-8-3-1-2-7-6(8)4-5-9-7;3-1-2-4;/h1-4,6,12H,5,7H2;1-5,9-10H;4H,1-2H2;1H4. The maximum atomic E-state index is 9.24. The number of aromatic nitrogens is 2. The van der Waals surface area contributed by atoms with Gasteiger partial charge < -0.3 is 24.9 Å². The van der Waals surface area contributed by atoms with Gasteiger partial charge in [-0.15, -0.1) is 23.2 Å². The highest BCUT2D eigenvalue weighted by Crippen LogP contribution is 2.24. The van der Waals surface area contributed by atoms with E-state index >= 15 is 0 Å². The zero-order valence-electron chi connectivity index (χ0n) is 14.7. The normalized spacial score (nSPS) is 9.68. The molecule has 2 aromatic heterocycles. The molecule has 2 heterocycles. The third-order valence-corrected chi connectivity index (χ3v) is 3.87. The molecule has 2 aromatic carbocycles. The van der Waals surface area contributed by atoms with Gasteiger partial charge in [0.15, 0.2) is 0 Å². The molecule has 5 nitrogen and oxygen atoms in total. The zero-order chi connectivity index (χ0) is 19.5. The van der Waals surface area contributed by atoms with Crippen molar-refractivity contribution in [2.24, 2.45) is 0 Å². The second-order valence-electron chi connectivity index (χ2n) is 5.36. The van der Waals surface area contributed by atoms with Crippen LogP contribution in [0.15, 0.2) is 60.9 Å². The Hall–Kier alpha value is -2.34. The Morgan fingerprint density at radius 1 is 0.821 bits per heavy atom. The third kappa shape index (κ3) is 6.68. The number of H-pyrrole nitrogens is 2. The van der Waals surface area contributed by atoms with Crippen molar-refractivity contribution >= 4 is 45.0 Å². The summed E-state index contributed by atoms with van der Waals surface area (Å²) in [6.45, 7) is 0.632. The molecule has 152 valence electrons. The van der Waals surface area contributed by atoms with Crippen molar-refractivity contribution in [3.05, 3.63) is 60.9 Å². The second kappa shape index (κ2) is 12.9. The Morgan fingerprint density at radius 3 is 1.96 bits per heavy atom. The maximum Gasteiger partial charge on any atom is 0.128 e. The summed E-state index contributed by atoms with van der Waals surface area (Å²) in [4.78, 5) is 6.12. The number of ether oxygens (including phenoxy) is 1. The zero-order valence-corrected chi connectivity index (χ0v) is 16.2. The van der Waals surface area contributed by atoms with Crippen LogP contribution in [0.4, 0.5) is 0 Å². The van der Waals surface area contributed by atoms with Crippen molar-refractivity contribution in [3.63, 3.8) is 0 Å². The maximum absolute atomic E-state index is 9.24. The predicted molar refractivity (Wildman–Crippen MR) is 119 cm³/mol. The van der Waals surface area contributed by atoms with Crippen molar-refractivity contribution in [2.45, 2.75) is 7.43 Å². The highest BCUT2D eigenvalue weighted by Gasteiger charge is 2.01. The SMILES string of the molecule is C.ClCCOc1cccc2[nH]ccc12.OCCCl.Oc1cccc2[nH]ccc12. The minimum absolute atomic E-state index is 0. The van der Waals surface area contributed by atoms with E-state index in [2.05, 4.69) is 9.97 Å². The van der Waals surface area contributed by atoms with E-state index in [4.69, 9.17) is 33.0 Å². The fraction of sp³-hybridized carbons (Fsp3) is 0.238. The first kappa shape index (κ1) is 23.7. The first-order valence-electron chi connectivity index (χ1n) is 8.38. The largest absolute Gasteiger partial charge is 0.507 e. The summed E-state index contributed by atoms with van der Waals surface area (Å²) in [6, 6.07) is 15.2. The highest BCUT2D eigenvalue weighted by atomic mass is 35.5. The van der Waals surface area contributed by atoms with Gasteiger partial charge in [0, 0.05) is 40.1 Å². The molecule has 0 aliphatic rings. The van der Waals surface area contributed by atoms with E-state index in [9.17, 15) is 5.11 Å². The number of hydrogen-bond acceptors (Lipinski definition) is 3. The average molecular weight is 425 g/mol. The number of aliphatic hydroxyl groups excluding tert-OH is 1. The number of benzene rings is 2. The minimum Gasteiger partial charge on any atom is -0.507 e. The average Bonchev–Trinajstić information content (AvgIpc) is 3.37. The number of aromatic amines is 2. The number of phenolic OH excluding ortho intramolecular Hbond substituents is 1. The molecule has 4 rings (SSSR count). The van der Waals surface area contributed by atoms with Crippen LogP contribution in [0.2, 0.25) is 0 Å². The fourth-order valence-electron chi connectivity index (χ4n) is 2.40.